The first kappa shape index (κ1) is 22.7. The molecule has 0 radical (unpaired) electrons. The maximum atomic E-state index is 13.4. The molecule has 0 aliphatic rings. The van der Waals surface area contributed by atoms with E-state index in [1.165, 1.54) is 60.3 Å². The van der Waals surface area contributed by atoms with Gasteiger partial charge in [-0.3, -0.25) is 9.59 Å². The number of carbonyl (C=O) groups excluding carboxylic acids is 2. The van der Waals surface area contributed by atoms with E-state index in [9.17, 15) is 27.2 Å². The van der Waals surface area contributed by atoms with E-state index >= 15 is 0 Å². The summed E-state index contributed by atoms with van der Waals surface area (Å²) in [6.45, 7) is -1.64. The predicted molar refractivity (Wildman–Crippen MR) is 104 cm³/mol. The Balaban J connectivity index is 1.84. The van der Waals surface area contributed by atoms with Crippen LogP contribution in [0.5, 0.6) is 5.75 Å². The Kier molecular flexibility index (Phi) is 6.71. The lowest BCUT2D eigenvalue weighted by Gasteiger charge is -2.11. The van der Waals surface area contributed by atoms with Gasteiger partial charge in [-0.15, -0.1) is 5.10 Å². The quantitative estimate of drug-likeness (QED) is 0.539. The normalized spacial score (nSPS) is 11.2. The van der Waals surface area contributed by atoms with E-state index in [-0.39, 0.29) is 29.3 Å². The summed E-state index contributed by atoms with van der Waals surface area (Å²) in [5.74, 6) is -1.71. The number of nitrogens with one attached hydrogen (secondary N) is 2. The number of nitrogens with zero attached hydrogens (tertiary/aromatic N) is 3. The van der Waals surface area contributed by atoms with E-state index in [2.05, 4.69) is 15.6 Å². The minimum atomic E-state index is -4.52. The maximum absolute atomic E-state index is 13.4. The van der Waals surface area contributed by atoms with Crippen molar-refractivity contribution < 1.29 is 31.9 Å². The Labute approximate surface area is 179 Å². The van der Waals surface area contributed by atoms with Gasteiger partial charge in [0.25, 0.3) is 11.8 Å². The van der Waals surface area contributed by atoms with Crippen LogP contribution in [0.1, 0.15) is 26.5 Å². The van der Waals surface area contributed by atoms with Crippen LogP contribution in [-0.4, -0.2) is 46.6 Å². The molecule has 2 N–H and O–H groups in total. The first-order valence-corrected chi connectivity index (χ1v) is 9.18. The summed E-state index contributed by atoms with van der Waals surface area (Å²) in [5.41, 5.74) is 0.582. The Morgan fingerprint density at radius 2 is 1.81 bits per heavy atom. The monoisotopic (exact) mass is 451 g/mol. The van der Waals surface area contributed by atoms with Crippen LogP contribution in [0.3, 0.4) is 0 Å². The summed E-state index contributed by atoms with van der Waals surface area (Å²) in [7, 11) is 1.41. The Morgan fingerprint density at radius 3 is 2.44 bits per heavy atom. The second-order valence-corrected chi connectivity index (χ2v) is 6.47. The van der Waals surface area contributed by atoms with E-state index in [0.29, 0.717) is 5.69 Å². The van der Waals surface area contributed by atoms with Crippen LogP contribution >= 0.6 is 0 Å². The smallest absolute Gasteiger partial charge is 0.405 e. The van der Waals surface area contributed by atoms with Crippen molar-refractivity contribution in [3.05, 3.63) is 71.3 Å². The molecule has 3 rings (SSSR count). The standard InChI is InChI=1S/C20H17F4N5O3/c1-25-19(31)17-16(10-32-15-4-2-3-13(21)9-15)29(28-27-17)14-7-5-12(6-8-14)18(30)26-11-20(22,23)24/h2-9H,10-11H2,1H3,(H,25,31)(H,26,30). The van der Waals surface area contributed by atoms with Crippen molar-refractivity contribution in [3.8, 4) is 11.4 Å². The van der Waals surface area contributed by atoms with Crippen LogP contribution in [0.15, 0.2) is 48.5 Å². The fraction of sp³-hybridized carbons (Fsp3) is 0.200. The first-order chi connectivity index (χ1) is 15.2. The van der Waals surface area contributed by atoms with Crippen molar-refractivity contribution in [2.75, 3.05) is 13.6 Å². The van der Waals surface area contributed by atoms with Gasteiger partial charge in [0, 0.05) is 18.7 Å². The lowest BCUT2D eigenvalue weighted by molar-refractivity contribution is -0.123. The van der Waals surface area contributed by atoms with Crippen LogP contribution in [0, 0.1) is 5.82 Å². The topological polar surface area (TPSA) is 98.1 Å². The minimum Gasteiger partial charge on any atom is -0.487 e. The molecule has 0 aliphatic heterocycles. The molecule has 2 amide bonds. The largest absolute Gasteiger partial charge is 0.487 e. The van der Waals surface area contributed by atoms with Crippen molar-refractivity contribution in [2.45, 2.75) is 12.8 Å². The summed E-state index contributed by atoms with van der Waals surface area (Å²) in [4.78, 5) is 24.0. The summed E-state index contributed by atoms with van der Waals surface area (Å²) >= 11 is 0. The zero-order valence-electron chi connectivity index (χ0n) is 16.6. The lowest BCUT2D eigenvalue weighted by Crippen LogP contribution is -2.33. The molecule has 12 heteroatoms. The molecule has 1 aromatic heterocycles. The maximum Gasteiger partial charge on any atom is 0.405 e. The molecule has 2 aromatic carbocycles. The van der Waals surface area contributed by atoms with Crippen molar-refractivity contribution >= 4 is 11.8 Å². The number of ether oxygens (including phenoxy) is 1. The summed E-state index contributed by atoms with van der Waals surface area (Å²) < 4.78 is 57.1. The summed E-state index contributed by atoms with van der Waals surface area (Å²) in [5, 5.41) is 12.0. The summed E-state index contributed by atoms with van der Waals surface area (Å²) in [6.07, 6.45) is -4.52. The van der Waals surface area contributed by atoms with Crippen LogP contribution in [0.25, 0.3) is 5.69 Å². The molecule has 0 saturated carbocycles. The van der Waals surface area contributed by atoms with Gasteiger partial charge in [-0.1, -0.05) is 11.3 Å². The Morgan fingerprint density at radius 1 is 1.09 bits per heavy atom. The number of amides is 2. The molecule has 0 unspecified atom stereocenters. The number of benzene rings is 2. The van der Waals surface area contributed by atoms with Crippen molar-refractivity contribution in [1.29, 1.82) is 0 Å². The molecule has 0 bridgehead atoms. The van der Waals surface area contributed by atoms with Gasteiger partial charge >= 0.3 is 6.18 Å². The van der Waals surface area contributed by atoms with Crippen LogP contribution in [0.2, 0.25) is 0 Å². The van der Waals surface area contributed by atoms with Crippen LogP contribution in [-0.2, 0) is 6.61 Å². The second-order valence-electron chi connectivity index (χ2n) is 6.47. The van der Waals surface area contributed by atoms with Crippen molar-refractivity contribution in [3.63, 3.8) is 0 Å². The third kappa shape index (κ3) is 5.59. The highest BCUT2D eigenvalue weighted by Gasteiger charge is 2.28. The zero-order chi connectivity index (χ0) is 23.3. The Hall–Kier alpha value is -3.96. The molecule has 0 atom stereocenters. The van der Waals surface area contributed by atoms with E-state index in [4.69, 9.17) is 4.74 Å². The van der Waals surface area contributed by atoms with Crippen LogP contribution < -0.4 is 15.4 Å². The fourth-order valence-electron chi connectivity index (χ4n) is 2.68. The van der Waals surface area contributed by atoms with E-state index in [0.717, 1.165) is 0 Å². The number of carbonyl (C=O) groups is 2. The van der Waals surface area contributed by atoms with Gasteiger partial charge in [-0.2, -0.15) is 13.2 Å². The fourth-order valence-corrected chi connectivity index (χ4v) is 2.68. The van der Waals surface area contributed by atoms with Crippen LogP contribution in [0.4, 0.5) is 17.6 Å². The number of hydrogen-bond donors (Lipinski definition) is 2. The highest BCUT2D eigenvalue weighted by Crippen LogP contribution is 2.19. The average molecular weight is 451 g/mol. The van der Waals surface area contributed by atoms with Gasteiger partial charge in [0.05, 0.1) is 5.69 Å². The van der Waals surface area contributed by atoms with Gasteiger partial charge in [-0.05, 0) is 36.4 Å². The molecule has 0 aliphatic carbocycles. The predicted octanol–water partition coefficient (Wildman–Crippen LogP) is 2.64. The van der Waals surface area contributed by atoms with E-state index < -0.39 is 30.4 Å². The zero-order valence-corrected chi connectivity index (χ0v) is 16.6. The molecular formula is C20H17F4N5O3. The summed E-state index contributed by atoms with van der Waals surface area (Å²) in [6, 6.07) is 10.9. The van der Waals surface area contributed by atoms with E-state index in [1.807, 2.05) is 0 Å². The molecule has 1 heterocycles. The SMILES string of the molecule is CNC(=O)c1nnn(-c2ccc(C(=O)NCC(F)(F)F)cc2)c1COc1cccc(F)c1. The van der Waals surface area contributed by atoms with Gasteiger partial charge in [-0.25, -0.2) is 9.07 Å². The molecule has 8 nitrogen and oxygen atoms in total. The highest BCUT2D eigenvalue weighted by molar-refractivity contribution is 5.94. The molecule has 3 aromatic rings. The van der Waals surface area contributed by atoms with E-state index in [1.54, 1.807) is 5.32 Å². The molecule has 0 fully saturated rings. The minimum absolute atomic E-state index is 0.00204. The molecule has 0 saturated heterocycles. The Bertz CT molecular complexity index is 1110. The third-order valence-corrected chi connectivity index (χ3v) is 4.20. The first-order valence-electron chi connectivity index (χ1n) is 9.18. The number of alkyl halides is 3. The van der Waals surface area contributed by atoms with Crippen molar-refractivity contribution in [2.24, 2.45) is 0 Å². The van der Waals surface area contributed by atoms with Gasteiger partial charge in [0.15, 0.2) is 5.69 Å². The molecular weight excluding hydrogens is 434 g/mol. The van der Waals surface area contributed by atoms with Crippen molar-refractivity contribution in [1.82, 2.24) is 25.6 Å². The average Bonchev–Trinajstić information content (AvgIpc) is 3.19. The van der Waals surface area contributed by atoms with Gasteiger partial charge in [0.1, 0.15) is 30.4 Å². The lowest BCUT2D eigenvalue weighted by atomic mass is 10.2. The van der Waals surface area contributed by atoms with Gasteiger partial charge < -0.3 is 15.4 Å². The van der Waals surface area contributed by atoms with Gasteiger partial charge in [0.2, 0.25) is 0 Å². The molecule has 32 heavy (non-hydrogen) atoms. The second kappa shape index (κ2) is 9.45. The number of hydrogen-bond acceptors (Lipinski definition) is 5. The number of rotatable bonds is 7. The number of halogens is 4. The third-order valence-electron chi connectivity index (χ3n) is 4.20. The molecule has 168 valence electrons. The molecule has 0 spiro atoms. The highest BCUT2D eigenvalue weighted by atomic mass is 19.4. The number of aromatic nitrogens is 3.